The Labute approximate surface area is 269 Å². The molecule has 9 nitrogen and oxygen atoms in total. The molecule has 0 atom stereocenters. The number of rotatable bonds is 19. The third-order valence-corrected chi connectivity index (χ3v) is 7.38. The highest BCUT2D eigenvalue weighted by Gasteiger charge is 2.36. The Bertz CT molecular complexity index is 1360. The molecule has 0 radical (unpaired) electrons. The van der Waals surface area contributed by atoms with Gasteiger partial charge in [0.2, 0.25) is 11.6 Å². The molecule has 0 aliphatic carbocycles. The van der Waals surface area contributed by atoms with Crippen molar-refractivity contribution in [3.63, 3.8) is 0 Å². The summed E-state index contributed by atoms with van der Waals surface area (Å²) in [6, 6.07) is 7.89. The van der Waals surface area contributed by atoms with Crippen LogP contribution in [0.3, 0.4) is 0 Å². The molecule has 1 amide bonds. The number of nitrogens with zero attached hydrogens (tertiary/aromatic N) is 5. The van der Waals surface area contributed by atoms with Gasteiger partial charge in [-0.2, -0.15) is 0 Å². The van der Waals surface area contributed by atoms with Crippen molar-refractivity contribution in [3.05, 3.63) is 75.3 Å². The van der Waals surface area contributed by atoms with E-state index in [0.717, 1.165) is 56.4 Å². The van der Waals surface area contributed by atoms with Gasteiger partial charge in [0.15, 0.2) is 0 Å². The molecule has 0 spiro atoms. The van der Waals surface area contributed by atoms with Gasteiger partial charge in [0, 0.05) is 42.5 Å². The molecule has 240 valence electrons. The maximum atomic E-state index is 13.5. The average Bonchev–Trinajstić information content (AvgIpc) is 3.30. The lowest BCUT2D eigenvalue weighted by Crippen LogP contribution is -2.27. The summed E-state index contributed by atoms with van der Waals surface area (Å²) in [5, 5.41) is 9.58. The SMILES string of the molecule is [C-]#[N+]C1=C(/C=C/c2ccc(N(CCCC)CCCC)cc2OCCCCOC(=O)C(C)C)C(=O)N(CCCC)/C1=C(\C#N)[N+]#[C-]. The number of nitriles is 1. The van der Waals surface area contributed by atoms with Gasteiger partial charge in [0.1, 0.15) is 5.75 Å². The van der Waals surface area contributed by atoms with Crippen LogP contribution in [-0.2, 0) is 14.3 Å². The first-order valence-corrected chi connectivity index (χ1v) is 16.1. The number of unbranched alkanes of at least 4 members (excludes halogenated alkanes) is 4. The first-order valence-electron chi connectivity index (χ1n) is 16.1. The number of esters is 1. The van der Waals surface area contributed by atoms with Gasteiger partial charge in [-0.05, 0) is 44.2 Å². The highest BCUT2D eigenvalue weighted by molar-refractivity contribution is 6.04. The van der Waals surface area contributed by atoms with Crippen molar-refractivity contribution < 1.29 is 19.1 Å². The molecule has 0 bridgehead atoms. The van der Waals surface area contributed by atoms with Crippen molar-refractivity contribution in [3.8, 4) is 11.8 Å². The number of carbonyl (C=O) groups excluding carboxylic acids is 2. The van der Waals surface area contributed by atoms with Crippen LogP contribution in [0.4, 0.5) is 5.69 Å². The lowest BCUT2D eigenvalue weighted by molar-refractivity contribution is -0.147. The van der Waals surface area contributed by atoms with Gasteiger partial charge in [-0.25, -0.2) is 15.0 Å². The van der Waals surface area contributed by atoms with Gasteiger partial charge < -0.3 is 19.3 Å². The fraction of sp³-hybridized carbons (Fsp3) is 0.528. The fourth-order valence-corrected chi connectivity index (χ4v) is 4.72. The molecule has 0 unspecified atom stereocenters. The van der Waals surface area contributed by atoms with Crippen molar-refractivity contribution in [2.24, 2.45) is 5.92 Å². The van der Waals surface area contributed by atoms with E-state index in [1.54, 1.807) is 26.0 Å². The quantitative estimate of drug-likeness (QED) is 0.0681. The maximum absolute atomic E-state index is 13.5. The lowest BCUT2D eigenvalue weighted by atomic mass is 10.1. The van der Waals surface area contributed by atoms with Crippen LogP contribution >= 0.6 is 0 Å². The van der Waals surface area contributed by atoms with Crippen LogP contribution in [0, 0.1) is 30.4 Å². The minimum absolute atomic E-state index is 0.0141. The van der Waals surface area contributed by atoms with Gasteiger partial charge in [-0.15, -0.1) is 0 Å². The smallest absolute Gasteiger partial charge is 0.308 e. The lowest BCUT2D eigenvalue weighted by Gasteiger charge is -2.25. The number of carbonyl (C=O) groups is 2. The Morgan fingerprint density at radius 2 is 1.69 bits per heavy atom. The van der Waals surface area contributed by atoms with Crippen LogP contribution in [0.2, 0.25) is 0 Å². The van der Waals surface area contributed by atoms with Gasteiger partial charge in [0.05, 0.1) is 44.0 Å². The molecule has 0 saturated carbocycles. The first-order chi connectivity index (χ1) is 21.8. The van der Waals surface area contributed by atoms with Crippen molar-refractivity contribution in [2.45, 2.75) is 86.0 Å². The summed E-state index contributed by atoms with van der Waals surface area (Å²) >= 11 is 0. The van der Waals surface area contributed by atoms with Gasteiger partial charge in [-0.3, -0.25) is 9.59 Å². The number of anilines is 1. The van der Waals surface area contributed by atoms with Crippen molar-refractivity contribution >= 4 is 23.6 Å². The highest BCUT2D eigenvalue weighted by Crippen LogP contribution is 2.35. The predicted octanol–water partition coefficient (Wildman–Crippen LogP) is 7.93. The fourth-order valence-electron chi connectivity index (χ4n) is 4.72. The molecule has 1 aromatic rings. The molecule has 45 heavy (non-hydrogen) atoms. The molecular weight excluding hydrogens is 566 g/mol. The molecule has 2 rings (SSSR count). The molecule has 1 heterocycles. The second-order valence-corrected chi connectivity index (χ2v) is 11.2. The van der Waals surface area contributed by atoms with Crippen LogP contribution in [0.25, 0.3) is 15.8 Å². The van der Waals surface area contributed by atoms with Gasteiger partial charge in [0.25, 0.3) is 5.70 Å². The summed E-state index contributed by atoms with van der Waals surface area (Å²) in [7, 11) is 0. The number of hydrogen-bond acceptors (Lipinski definition) is 6. The van der Waals surface area contributed by atoms with Gasteiger partial charge >= 0.3 is 5.97 Å². The van der Waals surface area contributed by atoms with Crippen molar-refractivity contribution in [1.29, 1.82) is 5.26 Å². The monoisotopic (exact) mass is 613 g/mol. The number of allylic oxidation sites excluding steroid dienone is 1. The first kappa shape index (κ1) is 36.6. The normalized spacial score (nSPS) is 14.0. The van der Waals surface area contributed by atoms with E-state index >= 15 is 0 Å². The van der Waals surface area contributed by atoms with E-state index in [0.29, 0.717) is 44.8 Å². The van der Waals surface area contributed by atoms with Crippen LogP contribution in [0.1, 0.15) is 91.5 Å². The predicted molar refractivity (Wildman–Crippen MR) is 178 cm³/mol. The van der Waals surface area contributed by atoms with Gasteiger partial charge in [-0.1, -0.05) is 66.0 Å². The Morgan fingerprint density at radius 3 is 2.27 bits per heavy atom. The van der Waals surface area contributed by atoms with Crippen LogP contribution in [0.15, 0.2) is 46.9 Å². The Balaban J connectivity index is 2.45. The van der Waals surface area contributed by atoms with Crippen LogP contribution < -0.4 is 9.64 Å². The Morgan fingerprint density at radius 1 is 1.02 bits per heavy atom. The molecule has 0 fully saturated rings. The Hall–Kier alpha value is -4.55. The van der Waals surface area contributed by atoms with Crippen molar-refractivity contribution in [2.75, 3.05) is 37.7 Å². The zero-order valence-corrected chi connectivity index (χ0v) is 27.5. The molecule has 1 aliphatic heterocycles. The summed E-state index contributed by atoms with van der Waals surface area (Å²) in [6.07, 6.45) is 10.5. The summed E-state index contributed by atoms with van der Waals surface area (Å²) in [5.41, 5.74) is 1.79. The zero-order chi connectivity index (χ0) is 33.2. The molecule has 1 aliphatic rings. The van der Waals surface area contributed by atoms with Crippen LogP contribution in [-0.4, -0.2) is 49.6 Å². The largest absolute Gasteiger partial charge is 0.493 e. The van der Waals surface area contributed by atoms with Crippen LogP contribution in [0.5, 0.6) is 5.75 Å². The van der Waals surface area contributed by atoms with E-state index < -0.39 is 5.91 Å². The number of amides is 1. The van der Waals surface area contributed by atoms with E-state index in [2.05, 4.69) is 34.5 Å². The summed E-state index contributed by atoms with van der Waals surface area (Å²) in [4.78, 5) is 35.9. The second-order valence-electron chi connectivity index (χ2n) is 11.2. The topological polar surface area (TPSA) is 91.6 Å². The number of benzene rings is 1. The summed E-state index contributed by atoms with van der Waals surface area (Å²) in [6.45, 7) is 28.2. The number of hydrogen-bond donors (Lipinski definition) is 0. The van der Waals surface area contributed by atoms with E-state index in [9.17, 15) is 14.9 Å². The molecule has 1 aromatic carbocycles. The van der Waals surface area contributed by atoms with E-state index in [4.69, 9.17) is 22.6 Å². The molecule has 9 heteroatoms. The summed E-state index contributed by atoms with van der Waals surface area (Å²) < 4.78 is 11.6. The van der Waals surface area contributed by atoms with E-state index in [1.807, 2.05) is 25.1 Å². The van der Waals surface area contributed by atoms with E-state index in [1.165, 1.54) is 4.90 Å². The molecule has 0 aromatic heterocycles. The third-order valence-electron chi connectivity index (χ3n) is 7.38. The standard InChI is InChI=1S/C36H47N5O4/c1-8-11-20-40(21-12-9-2)29-18-16-28(32(25-29)44-23-14-15-24-45-36(43)27(4)5)17-19-30-33(39-7)34(31(26-37)38-6)41(35(30)42)22-13-10-3/h16-19,25,27H,8-15,20-24H2,1-5H3/b19-17+,34-31+. The molecule has 0 N–H and O–H groups in total. The Kier molecular flexibility index (Phi) is 16.0. The minimum Gasteiger partial charge on any atom is -0.493 e. The van der Waals surface area contributed by atoms with Crippen molar-refractivity contribution in [1.82, 2.24) is 4.90 Å². The average molecular weight is 614 g/mol. The molecular formula is C36H47N5O4. The van der Waals surface area contributed by atoms with E-state index in [-0.39, 0.29) is 34.6 Å². The molecule has 0 saturated heterocycles. The zero-order valence-electron chi connectivity index (χ0n) is 27.5. The highest BCUT2D eigenvalue weighted by atomic mass is 16.5. The second kappa shape index (κ2) is 19.7. The minimum atomic E-state index is -0.391. The number of ether oxygens (including phenoxy) is 2. The third kappa shape index (κ3) is 10.5. The summed E-state index contributed by atoms with van der Waals surface area (Å²) in [5.74, 6) is -0.120. The maximum Gasteiger partial charge on any atom is 0.308 e.